The van der Waals surface area contributed by atoms with Crippen molar-refractivity contribution in [2.24, 2.45) is 5.92 Å². The molecule has 0 saturated carbocycles. The number of carbonyl (C=O) groups is 1. The average Bonchev–Trinajstić information content (AvgIpc) is 3.08. The standard InChI is InChI=1S/C21H27BrN4O/c1-15-19(14-24-26(15)18-9-7-17(22)8-10-18)21(27)23-13-16-5-4-12-25-11-3-2-6-20(16)25/h7-10,14,16,20H,2-6,11-13H2,1H3,(H,23,27)/t16-,20+/m0/s1. The molecule has 2 fully saturated rings. The van der Waals surface area contributed by atoms with Crippen LogP contribution in [0, 0.1) is 12.8 Å². The van der Waals surface area contributed by atoms with Crippen molar-refractivity contribution in [2.75, 3.05) is 19.6 Å². The number of hydrogen-bond donors (Lipinski definition) is 1. The topological polar surface area (TPSA) is 50.2 Å². The van der Waals surface area contributed by atoms with E-state index in [0.29, 0.717) is 17.5 Å². The van der Waals surface area contributed by atoms with Gasteiger partial charge < -0.3 is 10.2 Å². The number of fused-ring (bicyclic) bond motifs is 1. The second-order valence-corrected chi connectivity index (χ2v) is 8.66. The molecule has 2 atom stereocenters. The number of carbonyl (C=O) groups excluding carboxylic acids is 1. The molecule has 1 N–H and O–H groups in total. The Kier molecular flexibility index (Phi) is 5.64. The van der Waals surface area contributed by atoms with E-state index in [1.807, 2.05) is 35.9 Å². The lowest BCUT2D eigenvalue weighted by Crippen LogP contribution is -2.51. The van der Waals surface area contributed by atoms with Gasteiger partial charge in [0.2, 0.25) is 0 Å². The fourth-order valence-corrected chi connectivity index (χ4v) is 4.87. The molecule has 27 heavy (non-hydrogen) atoms. The molecule has 0 aliphatic carbocycles. The average molecular weight is 431 g/mol. The Morgan fingerprint density at radius 3 is 2.78 bits per heavy atom. The van der Waals surface area contributed by atoms with Gasteiger partial charge in [-0.05, 0) is 75.9 Å². The number of nitrogens with zero attached hydrogens (tertiary/aromatic N) is 3. The Balaban J connectivity index is 1.42. The van der Waals surface area contributed by atoms with E-state index in [1.165, 1.54) is 45.2 Å². The third-order valence-electron chi connectivity index (χ3n) is 6.08. The molecular formula is C21H27BrN4O. The maximum absolute atomic E-state index is 12.8. The molecule has 144 valence electrons. The Bertz CT molecular complexity index is 799. The first-order chi connectivity index (χ1) is 13.1. The van der Waals surface area contributed by atoms with E-state index in [1.54, 1.807) is 6.20 Å². The minimum Gasteiger partial charge on any atom is -0.352 e. The van der Waals surface area contributed by atoms with Crippen LogP contribution in [0.5, 0.6) is 0 Å². The van der Waals surface area contributed by atoms with Gasteiger partial charge in [-0.1, -0.05) is 22.4 Å². The normalized spacial score (nSPS) is 23.0. The Labute approximate surface area is 169 Å². The van der Waals surface area contributed by atoms with E-state index in [-0.39, 0.29) is 5.91 Å². The van der Waals surface area contributed by atoms with Crippen LogP contribution in [0.4, 0.5) is 0 Å². The summed E-state index contributed by atoms with van der Waals surface area (Å²) in [5, 5.41) is 7.62. The number of amides is 1. The third-order valence-corrected chi connectivity index (χ3v) is 6.61. The predicted molar refractivity (Wildman–Crippen MR) is 110 cm³/mol. The van der Waals surface area contributed by atoms with E-state index < -0.39 is 0 Å². The molecule has 2 aliphatic rings. The van der Waals surface area contributed by atoms with Crippen LogP contribution in [0.1, 0.15) is 48.2 Å². The first kappa shape index (κ1) is 18.7. The molecule has 0 bridgehead atoms. The van der Waals surface area contributed by atoms with Crippen LogP contribution in [0.2, 0.25) is 0 Å². The monoisotopic (exact) mass is 430 g/mol. The SMILES string of the molecule is Cc1c(C(=O)NC[C@@H]2CCCN3CCCC[C@H]23)cnn1-c1ccc(Br)cc1. The minimum absolute atomic E-state index is 0.0104. The summed E-state index contributed by atoms with van der Waals surface area (Å²) in [7, 11) is 0. The minimum atomic E-state index is -0.0104. The molecule has 3 heterocycles. The van der Waals surface area contributed by atoms with Crippen molar-refractivity contribution >= 4 is 21.8 Å². The first-order valence-corrected chi connectivity index (χ1v) is 10.8. The summed E-state index contributed by atoms with van der Waals surface area (Å²) < 4.78 is 2.85. The number of nitrogens with one attached hydrogen (secondary N) is 1. The lowest BCUT2D eigenvalue weighted by molar-refractivity contribution is 0.0575. The molecule has 4 rings (SSSR count). The summed E-state index contributed by atoms with van der Waals surface area (Å²) in [6.07, 6.45) is 8.08. The van der Waals surface area contributed by atoms with Crippen molar-refractivity contribution in [3.63, 3.8) is 0 Å². The van der Waals surface area contributed by atoms with Crippen LogP contribution in [0.25, 0.3) is 5.69 Å². The number of hydrogen-bond acceptors (Lipinski definition) is 3. The van der Waals surface area contributed by atoms with Gasteiger partial charge in [-0.2, -0.15) is 5.10 Å². The van der Waals surface area contributed by atoms with Crippen LogP contribution in [-0.2, 0) is 0 Å². The fourth-order valence-electron chi connectivity index (χ4n) is 4.61. The molecule has 2 saturated heterocycles. The van der Waals surface area contributed by atoms with Gasteiger partial charge in [-0.15, -0.1) is 0 Å². The molecule has 6 heteroatoms. The molecule has 0 spiro atoms. The highest BCUT2D eigenvalue weighted by Gasteiger charge is 2.33. The van der Waals surface area contributed by atoms with Crippen molar-refractivity contribution in [1.82, 2.24) is 20.0 Å². The molecule has 2 aliphatic heterocycles. The summed E-state index contributed by atoms with van der Waals surface area (Å²) in [4.78, 5) is 15.4. The molecule has 5 nitrogen and oxygen atoms in total. The van der Waals surface area contributed by atoms with Crippen LogP contribution in [-0.4, -0.2) is 46.3 Å². The lowest BCUT2D eigenvalue weighted by atomic mass is 9.83. The molecule has 1 aromatic carbocycles. The summed E-state index contributed by atoms with van der Waals surface area (Å²) in [6, 6.07) is 8.60. The molecule has 0 unspecified atom stereocenters. The second-order valence-electron chi connectivity index (χ2n) is 7.74. The zero-order valence-electron chi connectivity index (χ0n) is 15.8. The number of piperidine rings is 2. The van der Waals surface area contributed by atoms with E-state index in [0.717, 1.165) is 22.4 Å². The van der Waals surface area contributed by atoms with Crippen molar-refractivity contribution in [2.45, 2.75) is 45.1 Å². The summed E-state index contributed by atoms with van der Waals surface area (Å²) in [5.74, 6) is 0.564. The first-order valence-electron chi connectivity index (χ1n) is 9.96. The molecular weight excluding hydrogens is 404 g/mol. The second kappa shape index (κ2) is 8.15. The van der Waals surface area contributed by atoms with Crippen LogP contribution in [0.3, 0.4) is 0 Å². The zero-order chi connectivity index (χ0) is 18.8. The van der Waals surface area contributed by atoms with E-state index in [2.05, 4.69) is 31.2 Å². The van der Waals surface area contributed by atoms with Gasteiger partial charge in [0.15, 0.2) is 0 Å². The lowest BCUT2D eigenvalue weighted by Gasteiger charge is -2.44. The van der Waals surface area contributed by atoms with Crippen LogP contribution >= 0.6 is 15.9 Å². The van der Waals surface area contributed by atoms with Gasteiger partial charge in [0, 0.05) is 17.1 Å². The highest BCUT2D eigenvalue weighted by atomic mass is 79.9. The number of benzene rings is 1. The van der Waals surface area contributed by atoms with Crippen molar-refractivity contribution in [3.05, 3.63) is 46.2 Å². The highest BCUT2D eigenvalue weighted by molar-refractivity contribution is 9.10. The van der Waals surface area contributed by atoms with Gasteiger partial charge in [0.1, 0.15) is 0 Å². The number of halogens is 1. The Morgan fingerprint density at radius 2 is 1.96 bits per heavy atom. The van der Waals surface area contributed by atoms with Gasteiger partial charge >= 0.3 is 0 Å². The zero-order valence-corrected chi connectivity index (χ0v) is 17.4. The maximum atomic E-state index is 12.8. The van der Waals surface area contributed by atoms with E-state index in [9.17, 15) is 4.79 Å². The Hall–Kier alpha value is -1.66. The largest absolute Gasteiger partial charge is 0.352 e. The van der Waals surface area contributed by atoms with Crippen molar-refractivity contribution < 1.29 is 4.79 Å². The summed E-state index contributed by atoms with van der Waals surface area (Å²) in [6.45, 7) is 5.18. The molecule has 1 amide bonds. The fraction of sp³-hybridized carbons (Fsp3) is 0.524. The smallest absolute Gasteiger partial charge is 0.254 e. The Morgan fingerprint density at radius 1 is 1.19 bits per heavy atom. The van der Waals surface area contributed by atoms with E-state index in [4.69, 9.17) is 0 Å². The quantitative estimate of drug-likeness (QED) is 0.798. The van der Waals surface area contributed by atoms with Gasteiger partial charge in [-0.3, -0.25) is 4.79 Å². The molecule has 0 radical (unpaired) electrons. The van der Waals surface area contributed by atoms with Crippen LogP contribution in [0.15, 0.2) is 34.9 Å². The summed E-state index contributed by atoms with van der Waals surface area (Å²) in [5.41, 5.74) is 2.49. The summed E-state index contributed by atoms with van der Waals surface area (Å²) >= 11 is 3.45. The van der Waals surface area contributed by atoms with Crippen molar-refractivity contribution in [3.8, 4) is 5.69 Å². The van der Waals surface area contributed by atoms with E-state index >= 15 is 0 Å². The highest BCUT2D eigenvalue weighted by Crippen LogP contribution is 2.30. The molecule has 1 aromatic heterocycles. The van der Waals surface area contributed by atoms with Crippen LogP contribution < -0.4 is 5.32 Å². The number of rotatable bonds is 4. The van der Waals surface area contributed by atoms with Gasteiger partial charge in [0.25, 0.3) is 5.91 Å². The van der Waals surface area contributed by atoms with Gasteiger partial charge in [0.05, 0.1) is 23.1 Å². The number of aromatic nitrogens is 2. The predicted octanol–water partition coefficient (Wildman–Crippen LogP) is 3.94. The maximum Gasteiger partial charge on any atom is 0.254 e. The van der Waals surface area contributed by atoms with Crippen molar-refractivity contribution in [1.29, 1.82) is 0 Å². The molecule has 2 aromatic rings. The van der Waals surface area contributed by atoms with Gasteiger partial charge in [-0.25, -0.2) is 4.68 Å². The third kappa shape index (κ3) is 3.97.